The maximum atomic E-state index is 13.2. The van der Waals surface area contributed by atoms with E-state index in [1.165, 1.54) is 23.1 Å². The third-order valence-electron chi connectivity index (χ3n) is 3.35. The van der Waals surface area contributed by atoms with Crippen LogP contribution in [-0.4, -0.2) is 26.1 Å². The first-order valence-electron chi connectivity index (χ1n) is 7.03. The van der Waals surface area contributed by atoms with Gasteiger partial charge in [0, 0.05) is 6.54 Å². The lowest BCUT2D eigenvalue weighted by atomic mass is 10.1. The van der Waals surface area contributed by atoms with Crippen LogP contribution in [-0.2, 0) is 11.3 Å². The van der Waals surface area contributed by atoms with Crippen LogP contribution in [0.4, 0.5) is 4.39 Å². The molecule has 1 aromatic heterocycles. The summed E-state index contributed by atoms with van der Waals surface area (Å²) < 4.78 is 14.6. The second-order valence-electron chi connectivity index (χ2n) is 4.95. The van der Waals surface area contributed by atoms with Crippen LogP contribution < -0.4 is 5.32 Å². The molecule has 1 atom stereocenters. The Hall–Kier alpha value is -3.09. The molecular weight excluding hydrogens is 297 g/mol. The van der Waals surface area contributed by atoms with Gasteiger partial charge in [-0.15, -0.1) is 5.10 Å². The molecule has 0 aliphatic carbocycles. The lowest BCUT2D eigenvalue weighted by Crippen LogP contribution is -2.33. The van der Waals surface area contributed by atoms with Crippen LogP contribution in [0.25, 0.3) is 0 Å². The van der Waals surface area contributed by atoms with E-state index >= 15 is 0 Å². The molecule has 1 amide bonds. The summed E-state index contributed by atoms with van der Waals surface area (Å²) in [5.41, 5.74) is 1.44. The fraction of sp³-hybridized carbons (Fsp3) is 0.125. The summed E-state index contributed by atoms with van der Waals surface area (Å²) in [6.45, 7) is 0.224. The van der Waals surface area contributed by atoms with Gasteiger partial charge < -0.3 is 5.32 Å². The number of amides is 1. The number of halogens is 1. The van der Waals surface area contributed by atoms with Gasteiger partial charge in [0.25, 0.3) is 0 Å². The first-order valence-corrected chi connectivity index (χ1v) is 7.03. The molecule has 0 saturated carbocycles. The van der Waals surface area contributed by atoms with Crippen LogP contribution in [0, 0.1) is 5.82 Å². The maximum absolute atomic E-state index is 13.2. The number of carbonyl (C=O) groups is 1. The van der Waals surface area contributed by atoms with Crippen molar-refractivity contribution >= 4 is 5.91 Å². The summed E-state index contributed by atoms with van der Waals surface area (Å²) in [4.78, 5) is 12.6. The van der Waals surface area contributed by atoms with E-state index in [2.05, 4.69) is 20.8 Å². The van der Waals surface area contributed by atoms with Gasteiger partial charge in [0.05, 0.1) is 0 Å². The van der Waals surface area contributed by atoms with Crippen molar-refractivity contribution in [3.8, 4) is 0 Å². The number of carbonyl (C=O) groups excluding carboxylic acids is 1. The highest BCUT2D eigenvalue weighted by molar-refractivity contribution is 5.83. The molecule has 0 unspecified atom stereocenters. The third kappa shape index (κ3) is 3.57. The molecule has 1 N–H and O–H groups in total. The van der Waals surface area contributed by atoms with Gasteiger partial charge in [-0.2, -0.15) is 0 Å². The van der Waals surface area contributed by atoms with Gasteiger partial charge in [-0.1, -0.05) is 42.5 Å². The minimum Gasteiger partial charge on any atom is -0.350 e. The molecule has 0 spiro atoms. The molecule has 0 aliphatic heterocycles. The normalized spacial score (nSPS) is 11.9. The average Bonchev–Trinajstić information content (AvgIpc) is 3.08. The second-order valence-corrected chi connectivity index (χ2v) is 4.95. The summed E-state index contributed by atoms with van der Waals surface area (Å²) in [5.74, 6) is -0.607. The number of rotatable bonds is 5. The predicted octanol–water partition coefficient (Wildman–Crippen LogP) is 1.72. The van der Waals surface area contributed by atoms with Gasteiger partial charge in [-0.25, -0.2) is 9.07 Å². The van der Waals surface area contributed by atoms with Gasteiger partial charge in [0.2, 0.25) is 5.91 Å². The smallest absolute Gasteiger partial charge is 0.249 e. The third-order valence-corrected chi connectivity index (χ3v) is 3.35. The number of hydrogen-bond donors (Lipinski definition) is 1. The van der Waals surface area contributed by atoms with Crippen LogP contribution >= 0.6 is 0 Å². The van der Waals surface area contributed by atoms with Crippen LogP contribution in [0.3, 0.4) is 0 Å². The lowest BCUT2D eigenvalue weighted by Gasteiger charge is -2.16. The van der Waals surface area contributed by atoms with Gasteiger partial charge in [0.1, 0.15) is 12.1 Å². The predicted molar refractivity (Wildman–Crippen MR) is 80.6 cm³/mol. The summed E-state index contributed by atoms with van der Waals surface area (Å²) in [6.07, 6.45) is 1.39. The molecule has 7 heteroatoms. The molecule has 0 fully saturated rings. The SMILES string of the molecule is O=C(NCc1cccc(F)c1)[C@H](c1ccccc1)n1cnnn1. The van der Waals surface area contributed by atoms with E-state index in [0.717, 1.165) is 5.56 Å². The molecule has 2 aromatic carbocycles. The molecule has 3 aromatic rings. The van der Waals surface area contributed by atoms with Crippen LogP contribution in [0.1, 0.15) is 17.2 Å². The van der Waals surface area contributed by atoms with Gasteiger partial charge in [-0.3, -0.25) is 4.79 Å². The minimum absolute atomic E-state index is 0.224. The van der Waals surface area contributed by atoms with E-state index in [9.17, 15) is 9.18 Å². The zero-order valence-electron chi connectivity index (χ0n) is 12.1. The number of hydrogen-bond acceptors (Lipinski definition) is 4. The topological polar surface area (TPSA) is 72.7 Å². The van der Waals surface area contributed by atoms with Crippen LogP contribution in [0.5, 0.6) is 0 Å². The Labute approximate surface area is 132 Å². The van der Waals surface area contributed by atoms with E-state index in [1.54, 1.807) is 12.1 Å². The summed E-state index contributed by atoms with van der Waals surface area (Å²) in [7, 11) is 0. The molecule has 0 bridgehead atoms. The molecule has 3 rings (SSSR count). The summed E-state index contributed by atoms with van der Waals surface area (Å²) >= 11 is 0. The number of tetrazole rings is 1. The summed E-state index contributed by atoms with van der Waals surface area (Å²) in [6, 6.07) is 14.6. The Morgan fingerprint density at radius 3 is 2.70 bits per heavy atom. The van der Waals surface area contributed by atoms with Crippen molar-refractivity contribution in [1.82, 2.24) is 25.5 Å². The maximum Gasteiger partial charge on any atom is 0.249 e. The number of aromatic nitrogens is 4. The van der Waals surface area contributed by atoms with E-state index < -0.39 is 6.04 Å². The van der Waals surface area contributed by atoms with Crippen molar-refractivity contribution < 1.29 is 9.18 Å². The van der Waals surface area contributed by atoms with Gasteiger partial charge in [-0.05, 0) is 33.7 Å². The Kier molecular flexibility index (Phi) is 4.37. The minimum atomic E-state index is -0.681. The van der Waals surface area contributed by atoms with Crippen molar-refractivity contribution in [2.75, 3.05) is 0 Å². The monoisotopic (exact) mass is 311 g/mol. The number of nitrogens with one attached hydrogen (secondary N) is 1. The van der Waals surface area contributed by atoms with Gasteiger partial charge >= 0.3 is 0 Å². The Bertz CT molecular complexity index is 776. The second kappa shape index (κ2) is 6.78. The fourth-order valence-corrected chi connectivity index (χ4v) is 2.28. The van der Waals surface area contributed by atoms with E-state index in [-0.39, 0.29) is 18.3 Å². The van der Waals surface area contributed by atoms with Crippen molar-refractivity contribution in [2.24, 2.45) is 0 Å². The Balaban J connectivity index is 1.79. The van der Waals surface area contributed by atoms with Crippen molar-refractivity contribution in [2.45, 2.75) is 12.6 Å². The molecule has 1 heterocycles. The molecule has 0 aliphatic rings. The largest absolute Gasteiger partial charge is 0.350 e. The zero-order valence-corrected chi connectivity index (χ0v) is 12.1. The molecule has 23 heavy (non-hydrogen) atoms. The molecular formula is C16H14FN5O. The molecule has 0 radical (unpaired) electrons. The quantitative estimate of drug-likeness (QED) is 0.778. The van der Waals surface area contributed by atoms with Crippen LogP contribution in [0.15, 0.2) is 60.9 Å². The first kappa shape index (κ1) is 14.8. The lowest BCUT2D eigenvalue weighted by molar-refractivity contribution is -0.123. The standard InChI is InChI=1S/C16H14FN5O/c17-14-8-4-5-12(9-14)10-18-16(23)15(22-11-19-20-21-22)13-6-2-1-3-7-13/h1-9,11,15H,10H2,(H,18,23)/t15-/m0/s1. The highest BCUT2D eigenvalue weighted by atomic mass is 19.1. The number of benzene rings is 2. The first-order chi connectivity index (χ1) is 11.2. The van der Waals surface area contributed by atoms with Gasteiger partial charge in [0.15, 0.2) is 6.04 Å². The van der Waals surface area contributed by atoms with E-state index in [1.807, 2.05) is 30.3 Å². The summed E-state index contributed by atoms with van der Waals surface area (Å²) in [5, 5.41) is 13.8. The number of nitrogens with zero attached hydrogens (tertiary/aromatic N) is 4. The van der Waals surface area contributed by atoms with Crippen molar-refractivity contribution in [3.63, 3.8) is 0 Å². The molecule has 6 nitrogen and oxygen atoms in total. The zero-order chi connectivity index (χ0) is 16.1. The van der Waals surface area contributed by atoms with Crippen molar-refractivity contribution in [1.29, 1.82) is 0 Å². The Morgan fingerprint density at radius 2 is 2.00 bits per heavy atom. The van der Waals surface area contributed by atoms with Crippen LogP contribution in [0.2, 0.25) is 0 Å². The highest BCUT2D eigenvalue weighted by Gasteiger charge is 2.23. The van der Waals surface area contributed by atoms with Crippen molar-refractivity contribution in [3.05, 3.63) is 77.9 Å². The Morgan fingerprint density at radius 1 is 1.17 bits per heavy atom. The van der Waals surface area contributed by atoms with E-state index in [4.69, 9.17) is 0 Å². The molecule has 0 saturated heterocycles. The molecule has 116 valence electrons. The average molecular weight is 311 g/mol. The highest BCUT2D eigenvalue weighted by Crippen LogP contribution is 2.17. The fourth-order valence-electron chi connectivity index (χ4n) is 2.28. The van der Waals surface area contributed by atoms with E-state index in [0.29, 0.717) is 5.56 Å².